The Bertz CT molecular complexity index is 1310. The Morgan fingerprint density at radius 1 is 0.559 bits per heavy atom. The molecule has 2 aliphatic rings. The van der Waals surface area contributed by atoms with Crippen molar-refractivity contribution in [3.8, 4) is 0 Å². The van der Waals surface area contributed by atoms with E-state index in [1.807, 2.05) is 48.5 Å². The summed E-state index contributed by atoms with van der Waals surface area (Å²) in [6.45, 7) is 0. The molecular formula is C31H24Cl2O. The van der Waals surface area contributed by atoms with E-state index in [0.717, 1.165) is 46.9 Å². The first-order valence-corrected chi connectivity index (χ1v) is 12.6. The Balaban J connectivity index is 1.23. The zero-order valence-corrected chi connectivity index (χ0v) is 20.2. The second-order valence-electron chi connectivity index (χ2n) is 9.55. The van der Waals surface area contributed by atoms with Crippen LogP contribution in [0.3, 0.4) is 0 Å². The van der Waals surface area contributed by atoms with Gasteiger partial charge in [-0.1, -0.05) is 83.9 Å². The predicted octanol–water partition coefficient (Wildman–Crippen LogP) is 7.99. The Labute approximate surface area is 210 Å². The summed E-state index contributed by atoms with van der Waals surface area (Å²) < 4.78 is 0. The average Bonchev–Trinajstić information content (AvgIpc) is 3.47. The van der Waals surface area contributed by atoms with Crippen LogP contribution in [0, 0.1) is 0 Å². The van der Waals surface area contributed by atoms with Crippen LogP contribution in [0.15, 0.2) is 84.9 Å². The number of hydrogen-bond acceptors (Lipinski definition) is 1. The van der Waals surface area contributed by atoms with Crippen molar-refractivity contribution < 1.29 is 4.79 Å². The Kier molecular flexibility index (Phi) is 5.56. The summed E-state index contributed by atoms with van der Waals surface area (Å²) in [5, 5.41) is 1.65. The van der Waals surface area contributed by atoms with E-state index in [4.69, 9.17) is 23.2 Å². The van der Waals surface area contributed by atoms with Crippen molar-refractivity contribution in [3.63, 3.8) is 0 Å². The first kappa shape index (κ1) is 21.6. The molecule has 0 radical (unpaired) electrons. The van der Waals surface area contributed by atoms with Gasteiger partial charge in [0.2, 0.25) is 0 Å². The molecule has 0 aromatic heterocycles. The second-order valence-corrected chi connectivity index (χ2v) is 10.4. The van der Waals surface area contributed by atoms with Crippen LogP contribution in [-0.4, -0.2) is 5.78 Å². The quantitative estimate of drug-likeness (QED) is 0.269. The van der Waals surface area contributed by atoms with Crippen LogP contribution in [0.1, 0.15) is 61.1 Å². The lowest BCUT2D eigenvalue weighted by Gasteiger charge is -2.11. The highest BCUT2D eigenvalue weighted by Crippen LogP contribution is 2.39. The van der Waals surface area contributed by atoms with Crippen molar-refractivity contribution >= 4 is 29.0 Å². The van der Waals surface area contributed by atoms with Gasteiger partial charge in [0.15, 0.2) is 5.78 Å². The van der Waals surface area contributed by atoms with E-state index in [1.54, 1.807) is 0 Å². The smallest absolute Gasteiger partial charge is 0.193 e. The topological polar surface area (TPSA) is 17.1 Å². The van der Waals surface area contributed by atoms with Gasteiger partial charge < -0.3 is 0 Å². The van der Waals surface area contributed by atoms with E-state index in [9.17, 15) is 4.79 Å². The van der Waals surface area contributed by atoms with Crippen molar-refractivity contribution in [1.82, 2.24) is 0 Å². The second kappa shape index (κ2) is 8.73. The highest BCUT2D eigenvalue weighted by Gasteiger charge is 2.27. The fourth-order valence-corrected chi connectivity index (χ4v) is 6.32. The van der Waals surface area contributed by atoms with Crippen LogP contribution in [-0.2, 0) is 25.7 Å². The molecule has 1 nitrogen and oxygen atoms in total. The van der Waals surface area contributed by atoms with Gasteiger partial charge in [-0.3, -0.25) is 4.79 Å². The maximum atomic E-state index is 13.4. The molecule has 0 heterocycles. The zero-order valence-electron chi connectivity index (χ0n) is 18.7. The minimum atomic E-state index is 0.0907. The molecule has 4 aromatic carbocycles. The van der Waals surface area contributed by atoms with Crippen molar-refractivity contribution in [2.45, 2.75) is 37.5 Å². The molecule has 3 heteroatoms. The molecule has 0 aliphatic heterocycles. The third kappa shape index (κ3) is 3.87. The average molecular weight is 483 g/mol. The lowest BCUT2D eigenvalue weighted by molar-refractivity contribution is 0.103. The van der Waals surface area contributed by atoms with E-state index < -0.39 is 0 Å². The number of hydrogen-bond donors (Lipinski definition) is 0. The van der Waals surface area contributed by atoms with E-state index in [-0.39, 0.29) is 5.78 Å². The van der Waals surface area contributed by atoms with E-state index in [1.165, 1.54) is 33.4 Å². The van der Waals surface area contributed by atoms with Crippen molar-refractivity contribution in [2.75, 3.05) is 0 Å². The molecule has 4 aromatic rings. The molecule has 0 saturated carbocycles. The molecule has 2 unspecified atom stereocenters. The fraction of sp³-hybridized carbons (Fsp3) is 0.194. The molecule has 0 N–H and O–H groups in total. The molecule has 0 spiro atoms. The van der Waals surface area contributed by atoms with Gasteiger partial charge in [0, 0.05) is 21.2 Å². The first-order chi connectivity index (χ1) is 16.6. The Morgan fingerprint density at radius 2 is 0.971 bits per heavy atom. The van der Waals surface area contributed by atoms with Crippen molar-refractivity contribution in [3.05, 3.63) is 139 Å². The van der Waals surface area contributed by atoms with Crippen LogP contribution in [0.25, 0.3) is 0 Å². The minimum Gasteiger partial charge on any atom is -0.289 e. The van der Waals surface area contributed by atoms with E-state index in [2.05, 4.69) is 36.4 Å². The normalized spacial score (nSPS) is 18.5. The number of fused-ring (bicyclic) bond motifs is 2. The van der Waals surface area contributed by atoms with E-state index in [0.29, 0.717) is 11.8 Å². The highest BCUT2D eigenvalue weighted by atomic mass is 35.5. The van der Waals surface area contributed by atoms with Crippen LogP contribution in [0.5, 0.6) is 0 Å². The maximum absolute atomic E-state index is 13.4. The number of benzene rings is 4. The lowest BCUT2D eigenvalue weighted by Crippen LogP contribution is -2.03. The van der Waals surface area contributed by atoms with E-state index >= 15 is 0 Å². The summed E-state index contributed by atoms with van der Waals surface area (Å²) in [6.07, 6.45) is 3.78. The van der Waals surface area contributed by atoms with Gasteiger partial charge in [-0.2, -0.15) is 0 Å². The van der Waals surface area contributed by atoms with Gasteiger partial charge >= 0.3 is 0 Å². The summed E-state index contributed by atoms with van der Waals surface area (Å²) in [6, 6.07) is 28.6. The highest BCUT2D eigenvalue weighted by molar-refractivity contribution is 6.31. The van der Waals surface area contributed by atoms with Crippen LogP contribution < -0.4 is 0 Å². The molecule has 168 valence electrons. The number of carbonyl (C=O) groups is 1. The molecule has 0 bridgehead atoms. The maximum Gasteiger partial charge on any atom is 0.193 e. The molecular weight excluding hydrogens is 459 g/mol. The van der Waals surface area contributed by atoms with Crippen LogP contribution in [0.4, 0.5) is 0 Å². The van der Waals surface area contributed by atoms with Gasteiger partial charge in [-0.15, -0.1) is 0 Å². The molecule has 0 fully saturated rings. The largest absolute Gasteiger partial charge is 0.289 e. The third-order valence-electron chi connectivity index (χ3n) is 7.49. The summed E-state index contributed by atoms with van der Waals surface area (Å²) in [5.74, 6) is 0.833. The third-order valence-corrected chi connectivity index (χ3v) is 8.18. The standard InChI is InChI=1S/C31H24Cl2O/c32-29-7-3-1-5-27(29)25-13-19-9-11-21(15-23(19)17-25)31(34)22-12-10-20-14-26(18-24(20)16-22)28-6-2-4-8-30(28)33/h1-12,15-16,25-26H,13-14,17-18H2. The lowest BCUT2D eigenvalue weighted by atomic mass is 9.96. The summed E-state index contributed by atoms with van der Waals surface area (Å²) >= 11 is 12.9. The molecule has 2 aliphatic carbocycles. The van der Waals surface area contributed by atoms with Crippen LogP contribution >= 0.6 is 23.2 Å². The van der Waals surface area contributed by atoms with Gasteiger partial charge in [0.25, 0.3) is 0 Å². The summed E-state index contributed by atoms with van der Waals surface area (Å²) in [5.41, 5.74) is 9.07. The van der Waals surface area contributed by atoms with Crippen LogP contribution in [0.2, 0.25) is 10.0 Å². The summed E-state index contributed by atoms with van der Waals surface area (Å²) in [4.78, 5) is 13.4. The minimum absolute atomic E-state index is 0.0907. The molecule has 0 saturated heterocycles. The SMILES string of the molecule is O=C(c1ccc2c(c1)CC(c1ccccc1Cl)C2)c1ccc2c(c1)CC(c1ccccc1Cl)C2. The van der Waals surface area contributed by atoms with Gasteiger partial charge in [-0.25, -0.2) is 0 Å². The van der Waals surface area contributed by atoms with Gasteiger partial charge in [-0.05, 0) is 95.2 Å². The molecule has 2 atom stereocenters. The molecule has 34 heavy (non-hydrogen) atoms. The molecule has 6 rings (SSSR count). The number of rotatable bonds is 4. The molecule has 0 amide bonds. The van der Waals surface area contributed by atoms with Gasteiger partial charge in [0.1, 0.15) is 0 Å². The Hall–Kier alpha value is -2.87. The predicted molar refractivity (Wildman–Crippen MR) is 140 cm³/mol. The first-order valence-electron chi connectivity index (χ1n) is 11.8. The van der Waals surface area contributed by atoms with Crippen molar-refractivity contribution in [2.24, 2.45) is 0 Å². The Morgan fingerprint density at radius 3 is 1.41 bits per heavy atom. The summed E-state index contributed by atoms with van der Waals surface area (Å²) in [7, 11) is 0. The number of halogens is 2. The zero-order chi connectivity index (χ0) is 23.2. The fourth-order valence-electron chi connectivity index (χ4n) is 5.74. The monoisotopic (exact) mass is 482 g/mol. The number of carbonyl (C=O) groups excluding carboxylic acids is 1. The number of ketones is 1. The van der Waals surface area contributed by atoms with Crippen molar-refractivity contribution in [1.29, 1.82) is 0 Å². The van der Waals surface area contributed by atoms with Gasteiger partial charge in [0.05, 0.1) is 0 Å².